The number of carboxylic acids is 1. The van der Waals surface area contributed by atoms with Crippen LogP contribution < -0.4 is 43.0 Å². The fourth-order valence-electron chi connectivity index (χ4n) is 11.7. The summed E-state index contributed by atoms with van der Waals surface area (Å²) >= 11 is 18.0. The highest BCUT2D eigenvalue weighted by atomic mass is 35.5. The smallest absolute Gasteiger partial charge is 0.387 e. The van der Waals surface area contributed by atoms with Gasteiger partial charge in [-0.2, -0.15) is 8.78 Å². The third kappa shape index (κ3) is 33.8. The Labute approximate surface area is 702 Å². The number of halogens is 5. The van der Waals surface area contributed by atoms with E-state index in [2.05, 4.69) is 24.4 Å². The standard InChI is InChI=1S/C22H28N2O6S.C20H20Cl2F2N2O4.C17H18O5S.C15H22N2O6S.C6H12ClNO.H2O/c1-28-21-9-8-19(22(25)30-17-18-6-4-3-5-7-18)16-20(21)24(31(2,26)27)11-10-23-12-14-29-15-13-23;21-14-8-26-9-15(22)13(14)6-17(29-19(27)7-25)12-3-4-16(30-20(23)24)18(5-12)28-10-11-1-2-11;1-21-16-9-8-14(10-15(16)12-23(2,19)20)17(18)22-11-13-6-4-3-5-7-13;1-22-14-4-3-12(15(18)19)11-13(14)17(24(2,20)21)6-5-16-7-9-23-10-8-16;7-1-2-8-3-5-9-6-4-8;/h3-9,16H,10-15,17H2,1-2H3;3-5,8-9,11,17,20H,1-2,6-7,10,25H2;3-10H,11-12H2,1-2H3;3-4,11H,5-10H2,1-2H3,(H,18,19);1-6H2;1H2/t;17-;;;;/m.0..../s1. The number of hydrogen-bond acceptors (Lipinski definition) is 26. The maximum atomic E-state index is 12.8. The van der Waals surface area contributed by atoms with Crippen molar-refractivity contribution >= 4 is 99.9 Å². The number of nitrogens with two attached hydrogens (primary N) is 1. The van der Waals surface area contributed by atoms with Crippen LogP contribution in [0.15, 0.2) is 146 Å². The number of methoxy groups -OCH3 is 3. The molecule has 0 spiro atoms. The number of nitrogens with one attached hydrogen (secondary N) is 1. The summed E-state index contributed by atoms with van der Waals surface area (Å²) in [5.74, 6) is -0.706. The molecule has 4 heterocycles. The van der Waals surface area contributed by atoms with Crippen LogP contribution in [0.4, 0.5) is 20.2 Å². The predicted molar refractivity (Wildman–Crippen MR) is 440 cm³/mol. The van der Waals surface area contributed by atoms with Gasteiger partial charge in [0.25, 0.3) is 0 Å². The molecule has 4 aliphatic rings. The highest BCUT2D eigenvalue weighted by molar-refractivity contribution is 7.92. The lowest BCUT2D eigenvalue weighted by atomic mass is 10.0. The van der Waals surface area contributed by atoms with Crippen molar-refractivity contribution in [3.63, 3.8) is 0 Å². The van der Waals surface area contributed by atoms with Crippen LogP contribution in [-0.4, -0.2) is 252 Å². The fourth-order valence-corrected chi connectivity index (χ4v) is 15.1. The van der Waals surface area contributed by atoms with Crippen LogP contribution in [0.1, 0.15) is 77.8 Å². The second-order valence-corrected chi connectivity index (χ2v) is 34.0. The molecule has 1 saturated carbocycles. The van der Waals surface area contributed by atoms with E-state index >= 15 is 0 Å². The Hall–Kier alpha value is -8.79. The molecule has 3 aliphatic heterocycles. The Morgan fingerprint density at radius 1 is 0.585 bits per heavy atom. The van der Waals surface area contributed by atoms with Crippen molar-refractivity contribution in [3.05, 3.63) is 200 Å². The zero-order valence-corrected chi connectivity index (χ0v) is 71.1. The van der Waals surface area contributed by atoms with Gasteiger partial charge in [0.15, 0.2) is 33.7 Å². The number of carbonyl (C=O) groups is 4. The normalized spacial score (nSPS) is 14.7. The highest BCUT2D eigenvalue weighted by Crippen LogP contribution is 2.39. The van der Waals surface area contributed by atoms with Crippen molar-refractivity contribution < 1.29 is 121 Å². The van der Waals surface area contributed by atoms with Gasteiger partial charge in [0.1, 0.15) is 46.6 Å². The van der Waals surface area contributed by atoms with Gasteiger partial charge < -0.3 is 68.4 Å². The van der Waals surface area contributed by atoms with Gasteiger partial charge in [0, 0.05) is 102 Å². The molecule has 1 aliphatic carbocycles. The number of H-pyrrole nitrogens is 1. The second kappa shape index (κ2) is 49.7. The number of ether oxygens (including phenoxy) is 11. The lowest BCUT2D eigenvalue weighted by Crippen LogP contribution is -2.43. The van der Waals surface area contributed by atoms with Crippen molar-refractivity contribution in [1.82, 2.24) is 14.7 Å². The molecule has 1 aromatic heterocycles. The number of carboxylic acid groups (broad SMARTS) is 1. The van der Waals surface area contributed by atoms with Crippen LogP contribution in [-0.2, 0) is 88.5 Å². The van der Waals surface area contributed by atoms with Crippen LogP contribution in [0, 0.1) is 5.92 Å². The van der Waals surface area contributed by atoms with Gasteiger partial charge >= 0.3 is 30.5 Å². The Morgan fingerprint density at radius 2 is 1.02 bits per heavy atom. The van der Waals surface area contributed by atoms with Gasteiger partial charge in [-0.15, -0.1) is 11.6 Å². The molecule has 11 rings (SSSR count). The Kier molecular flexibility index (Phi) is 41.3. The maximum absolute atomic E-state index is 12.8. The number of aromatic amines is 1. The number of aromatic nitrogens is 1. The number of hydrogen-bond donors (Lipinski definition) is 2. The molecule has 0 amide bonds. The van der Waals surface area contributed by atoms with Crippen LogP contribution in [0.5, 0.6) is 28.7 Å². The van der Waals surface area contributed by atoms with E-state index in [1.54, 1.807) is 36.7 Å². The van der Waals surface area contributed by atoms with E-state index in [1.165, 1.54) is 78.5 Å². The summed E-state index contributed by atoms with van der Waals surface area (Å²) in [6.07, 6.45) is 7.87. The predicted octanol–water partition coefficient (Wildman–Crippen LogP) is 9.60. The third-order valence-electron chi connectivity index (χ3n) is 18.0. The van der Waals surface area contributed by atoms with Crippen molar-refractivity contribution in [3.8, 4) is 28.7 Å². The number of rotatable bonds is 34. The van der Waals surface area contributed by atoms with Crippen molar-refractivity contribution in [1.29, 1.82) is 0 Å². The summed E-state index contributed by atoms with van der Waals surface area (Å²) in [5.41, 5.74) is 9.73. The molecule has 6 aromatic carbocycles. The van der Waals surface area contributed by atoms with Crippen molar-refractivity contribution in [2.75, 3.05) is 179 Å². The van der Waals surface area contributed by atoms with Crippen molar-refractivity contribution in [2.45, 2.75) is 50.9 Å². The van der Waals surface area contributed by atoms with Gasteiger partial charge in [0.05, 0.1) is 120 Å². The minimum Gasteiger partial charge on any atom is -0.870 e. The number of alkyl halides is 3. The van der Waals surface area contributed by atoms with E-state index in [4.69, 9.17) is 93.0 Å². The molecule has 0 radical (unpaired) electrons. The lowest BCUT2D eigenvalue weighted by Gasteiger charge is -2.30. The number of aromatic carboxylic acids is 1. The Morgan fingerprint density at radius 3 is 1.43 bits per heavy atom. The monoisotopic (exact) mass is 1770 g/mol. The highest BCUT2D eigenvalue weighted by Gasteiger charge is 2.30. The van der Waals surface area contributed by atoms with Crippen LogP contribution in [0.25, 0.3) is 0 Å². The largest absolute Gasteiger partial charge is 0.870 e. The van der Waals surface area contributed by atoms with E-state index in [-0.39, 0.29) is 78.8 Å². The molecule has 5 N–H and O–H groups in total. The summed E-state index contributed by atoms with van der Waals surface area (Å²) in [6.45, 7) is 9.20. The van der Waals surface area contributed by atoms with Crippen LogP contribution >= 0.6 is 34.8 Å². The first-order valence-electron chi connectivity index (χ1n) is 37.1. The van der Waals surface area contributed by atoms with E-state index in [0.717, 1.165) is 108 Å². The van der Waals surface area contributed by atoms with Gasteiger partial charge in [-0.1, -0.05) is 89.9 Å². The van der Waals surface area contributed by atoms with Crippen LogP contribution in [0.3, 0.4) is 0 Å². The van der Waals surface area contributed by atoms with Gasteiger partial charge in [-0.3, -0.25) is 28.1 Å². The minimum absolute atomic E-state index is 0. The second-order valence-electron chi connectivity index (χ2n) is 26.9. The summed E-state index contributed by atoms with van der Waals surface area (Å²) in [6, 6.07) is 36.5. The molecule has 38 heteroatoms. The van der Waals surface area contributed by atoms with E-state index in [1.807, 2.05) is 60.7 Å². The number of esters is 3. The first-order chi connectivity index (χ1) is 55.9. The molecular weight excluding hydrogens is 1670 g/mol. The summed E-state index contributed by atoms with van der Waals surface area (Å²) in [5, 5.41) is 9.88. The first kappa shape index (κ1) is 98.0. The SMILES string of the molecule is COc1ccc(C(=O)O)cc1N(CCN1CCOCC1)S(C)(=O)=O.COc1ccc(C(=O)OCc2ccccc2)cc1CS(C)(=O)=O.COc1ccc(C(=O)OCc2ccccc2)cc1N(CCN1CCOCC1)S(C)(=O)=O.ClCCN1CCOCC1.NCC(=O)O[C@@H](Cc1c(Cl)c[nH+]cc1Cl)c1ccc(OC(F)F)c(OCC2CC2)c1.[OH-]. The van der Waals surface area contributed by atoms with E-state index in [9.17, 15) is 53.2 Å². The van der Waals surface area contributed by atoms with Gasteiger partial charge in [-0.25, -0.2) is 44.6 Å². The maximum Gasteiger partial charge on any atom is 0.387 e. The average Bonchev–Trinajstić information content (AvgIpc) is 1.09. The molecule has 1 atom stereocenters. The quantitative estimate of drug-likeness (QED) is 0.0215. The topological polar surface area (TPSA) is 379 Å². The number of carbonyl (C=O) groups excluding carboxylic acids is 3. The number of benzene rings is 6. The molecule has 648 valence electrons. The molecule has 30 nitrogen and oxygen atoms in total. The number of pyridine rings is 1. The summed E-state index contributed by atoms with van der Waals surface area (Å²) in [4.78, 5) is 57.2. The fraction of sp³-hybridized carbons (Fsp3) is 0.438. The lowest BCUT2D eigenvalue weighted by molar-refractivity contribution is -0.377. The number of nitrogens with zero attached hydrogens (tertiary/aromatic N) is 5. The van der Waals surface area contributed by atoms with E-state index < -0.39 is 66.5 Å². The molecular formula is C80H102Cl3F2N7O23S3. The number of sulfone groups is 1. The third-order valence-corrected chi connectivity index (χ3v) is 22.1. The van der Waals surface area contributed by atoms with Gasteiger partial charge in [-0.05, 0) is 102 Å². The molecule has 4 fully saturated rings. The molecule has 0 bridgehead atoms. The Balaban J connectivity index is 0.000000236. The zero-order chi connectivity index (χ0) is 85.1. The van der Waals surface area contributed by atoms with Crippen LogP contribution in [0.2, 0.25) is 10.0 Å². The van der Waals surface area contributed by atoms with Crippen molar-refractivity contribution in [2.24, 2.45) is 11.7 Å². The summed E-state index contributed by atoms with van der Waals surface area (Å²) < 4.78 is 159. The molecule has 118 heavy (non-hydrogen) atoms. The zero-order valence-electron chi connectivity index (χ0n) is 66.4. The van der Waals surface area contributed by atoms with E-state index in [0.29, 0.717) is 107 Å². The number of anilines is 2. The Bertz CT molecular complexity index is 4650. The minimum atomic E-state index is -3.61. The average molecular weight is 1770 g/mol. The molecule has 7 aromatic rings. The number of morpholine rings is 3. The molecule has 3 saturated heterocycles. The summed E-state index contributed by atoms with van der Waals surface area (Å²) in [7, 11) is -6.10. The first-order valence-corrected chi connectivity index (χ1v) is 44.2. The number of sulfonamides is 2. The van der Waals surface area contributed by atoms with Gasteiger partial charge in [0.2, 0.25) is 20.0 Å². The molecule has 0 unspecified atom stereocenters.